The summed E-state index contributed by atoms with van der Waals surface area (Å²) in [5, 5.41) is 9.14. The third-order valence-corrected chi connectivity index (χ3v) is 2.34. The van der Waals surface area contributed by atoms with Crippen LogP contribution in [-0.4, -0.2) is 17.6 Å². The number of carbonyl (C=O) groups excluding carboxylic acids is 1. The molecule has 0 saturated heterocycles. The third-order valence-electron chi connectivity index (χ3n) is 2.34. The number of aryl methyl sites for hydroxylation is 1. The van der Waals surface area contributed by atoms with Crippen LogP contribution in [0.1, 0.15) is 25.1 Å². The molecule has 0 saturated carbocycles. The summed E-state index contributed by atoms with van der Waals surface area (Å²) < 4.78 is 4.89. The van der Waals surface area contributed by atoms with Crippen molar-refractivity contribution in [2.45, 2.75) is 26.2 Å². The van der Waals surface area contributed by atoms with Gasteiger partial charge in [0.05, 0.1) is 18.4 Å². The number of rotatable bonds is 3. The van der Waals surface area contributed by atoms with Gasteiger partial charge >= 0.3 is 5.97 Å². The molecular weight excluding hydrogens is 204 g/mol. The van der Waals surface area contributed by atoms with E-state index in [1.54, 1.807) is 19.2 Å². The summed E-state index contributed by atoms with van der Waals surface area (Å²) in [6.45, 7) is 5.36. The van der Waals surface area contributed by atoms with E-state index in [0.717, 1.165) is 5.56 Å². The van der Waals surface area contributed by atoms with Crippen molar-refractivity contribution in [1.29, 1.82) is 5.26 Å². The summed E-state index contributed by atoms with van der Waals surface area (Å²) in [5.41, 5.74) is 0.0476. The van der Waals surface area contributed by atoms with Crippen LogP contribution in [0.5, 0.6) is 0 Å². The third kappa shape index (κ3) is 2.19. The number of ether oxygens (including phenoxy) is 1. The van der Waals surface area contributed by atoms with Gasteiger partial charge in [-0.1, -0.05) is 0 Å². The SMILES string of the molecule is CCOC(=O)C(C)(C#N)c1cc(C)ccn1. The van der Waals surface area contributed by atoms with E-state index >= 15 is 0 Å². The number of esters is 1. The van der Waals surface area contributed by atoms with Crippen LogP contribution in [0.3, 0.4) is 0 Å². The summed E-state index contributed by atoms with van der Waals surface area (Å²) >= 11 is 0. The number of nitriles is 1. The van der Waals surface area contributed by atoms with Gasteiger partial charge in [0.25, 0.3) is 0 Å². The molecule has 0 radical (unpaired) electrons. The van der Waals surface area contributed by atoms with Gasteiger partial charge in [0.15, 0.2) is 5.41 Å². The van der Waals surface area contributed by atoms with E-state index in [2.05, 4.69) is 4.98 Å². The number of aromatic nitrogens is 1. The maximum Gasteiger partial charge on any atom is 0.332 e. The molecule has 0 amide bonds. The first-order valence-electron chi connectivity index (χ1n) is 5.06. The molecule has 84 valence electrons. The first-order chi connectivity index (χ1) is 7.54. The van der Waals surface area contributed by atoms with Gasteiger partial charge in [0.1, 0.15) is 0 Å². The Kier molecular flexibility index (Phi) is 3.62. The summed E-state index contributed by atoms with van der Waals surface area (Å²) in [7, 11) is 0. The molecule has 0 aliphatic carbocycles. The maximum absolute atomic E-state index is 11.7. The minimum absolute atomic E-state index is 0.252. The first kappa shape index (κ1) is 12.2. The van der Waals surface area contributed by atoms with Gasteiger partial charge < -0.3 is 4.74 Å². The van der Waals surface area contributed by atoms with Crippen LogP contribution in [0.4, 0.5) is 0 Å². The van der Waals surface area contributed by atoms with E-state index < -0.39 is 11.4 Å². The number of pyridine rings is 1. The van der Waals surface area contributed by atoms with Gasteiger partial charge in [0, 0.05) is 6.20 Å². The standard InChI is InChI=1S/C12H14N2O2/c1-4-16-11(15)12(3,8-13)10-7-9(2)5-6-14-10/h5-7H,4H2,1-3H3. The molecule has 0 spiro atoms. The fourth-order valence-corrected chi connectivity index (χ4v) is 1.29. The zero-order valence-electron chi connectivity index (χ0n) is 9.65. The second-order valence-electron chi connectivity index (χ2n) is 3.68. The molecular formula is C12H14N2O2. The van der Waals surface area contributed by atoms with E-state index in [1.807, 2.05) is 19.1 Å². The highest BCUT2D eigenvalue weighted by molar-refractivity contribution is 5.85. The van der Waals surface area contributed by atoms with Gasteiger partial charge in [-0.05, 0) is 38.5 Å². The molecule has 1 aromatic rings. The van der Waals surface area contributed by atoms with Crippen LogP contribution in [0.2, 0.25) is 0 Å². The van der Waals surface area contributed by atoms with Crippen molar-refractivity contribution in [2.24, 2.45) is 0 Å². The van der Waals surface area contributed by atoms with Crippen molar-refractivity contribution in [2.75, 3.05) is 6.61 Å². The lowest BCUT2D eigenvalue weighted by Crippen LogP contribution is -2.33. The summed E-state index contributed by atoms with van der Waals surface area (Å²) in [5.74, 6) is -0.560. The van der Waals surface area contributed by atoms with E-state index in [1.165, 1.54) is 6.92 Å². The lowest BCUT2D eigenvalue weighted by Gasteiger charge is -2.18. The van der Waals surface area contributed by atoms with Gasteiger partial charge in [-0.15, -0.1) is 0 Å². The molecule has 16 heavy (non-hydrogen) atoms. The van der Waals surface area contributed by atoms with Gasteiger partial charge in [-0.25, -0.2) is 4.79 Å². The quantitative estimate of drug-likeness (QED) is 0.725. The highest BCUT2D eigenvalue weighted by Gasteiger charge is 2.38. The topological polar surface area (TPSA) is 63.0 Å². The van der Waals surface area contributed by atoms with Gasteiger partial charge in [0.2, 0.25) is 0 Å². The molecule has 0 fully saturated rings. The van der Waals surface area contributed by atoms with Crippen LogP contribution in [-0.2, 0) is 14.9 Å². The van der Waals surface area contributed by atoms with Crippen molar-refractivity contribution in [3.8, 4) is 6.07 Å². The Hall–Kier alpha value is -1.89. The summed E-state index contributed by atoms with van der Waals surface area (Å²) in [6.07, 6.45) is 1.58. The van der Waals surface area contributed by atoms with E-state index in [4.69, 9.17) is 10.00 Å². The lowest BCUT2D eigenvalue weighted by molar-refractivity contribution is -0.147. The second-order valence-corrected chi connectivity index (χ2v) is 3.68. The molecule has 1 heterocycles. The lowest BCUT2D eigenvalue weighted by atomic mass is 9.87. The molecule has 0 aromatic carbocycles. The Morgan fingerprint density at radius 2 is 2.38 bits per heavy atom. The Morgan fingerprint density at radius 1 is 1.69 bits per heavy atom. The Labute approximate surface area is 94.9 Å². The monoisotopic (exact) mass is 218 g/mol. The molecule has 0 aliphatic heterocycles. The average molecular weight is 218 g/mol. The molecule has 0 N–H and O–H groups in total. The normalized spacial score (nSPS) is 13.6. The Balaban J connectivity index is 3.16. The number of carbonyl (C=O) groups is 1. The van der Waals surface area contributed by atoms with Crippen LogP contribution in [0, 0.1) is 18.3 Å². The van der Waals surface area contributed by atoms with Crippen molar-refractivity contribution >= 4 is 5.97 Å². The second kappa shape index (κ2) is 4.75. The van der Waals surface area contributed by atoms with E-state index in [-0.39, 0.29) is 6.61 Å². The van der Waals surface area contributed by atoms with Crippen molar-refractivity contribution in [3.05, 3.63) is 29.6 Å². The Morgan fingerprint density at radius 3 is 2.88 bits per heavy atom. The number of hydrogen-bond acceptors (Lipinski definition) is 4. The molecule has 1 unspecified atom stereocenters. The first-order valence-corrected chi connectivity index (χ1v) is 5.06. The summed E-state index contributed by atoms with van der Waals surface area (Å²) in [4.78, 5) is 15.8. The zero-order valence-corrected chi connectivity index (χ0v) is 9.65. The van der Waals surface area contributed by atoms with Gasteiger partial charge in [-0.2, -0.15) is 5.26 Å². The van der Waals surface area contributed by atoms with Crippen LogP contribution in [0.15, 0.2) is 18.3 Å². The zero-order chi connectivity index (χ0) is 12.2. The average Bonchev–Trinajstić information content (AvgIpc) is 2.28. The van der Waals surface area contributed by atoms with Crippen molar-refractivity contribution < 1.29 is 9.53 Å². The predicted octanol–water partition coefficient (Wildman–Crippen LogP) is 1.73. The van der Waals surface area contributed by atoms with E-state index in [9.17, 15) is 4.79 Å². The maximum atomic E-state index is 11.7. The number of hydrogen-bond donors (Lipinski definition) is 0. The highest BCUT2D eigenvalue weighted by Crippen LogP contribution is 2.23. The van der Waals surface area contributed by atoms with Crippen molar-refractivity contribution in [1.82, 2.24) is 4.98 Å². The smallest absolute Gasteiger partial charge is 0.332 e. The minimum atomic E-state index is -1.33. The highest BCUT2D eigenvalue weighted by atomic mass is 16.5. The van der Waals surface area contributed by atoms with Crippen LogP contribution >= 0.6 is 0 Å². The number of nitrogens with zero attached hydrogens (tertiary/aromatic N) is 2. The molecule has 4 heteroatoms. The molecule has 1 rings (SSSR count). The van der Waals surface area contributed by atoms with Gasteiger partial charge in [-0.3, -0.25) is 4.98 Å². The Bertz CT molecular complexity index is 437. The van der Waals surface area contributed by atoms with Crippen LogP contribution < -0.4 is 0 Å². The fourth-order valence-electron chi connectivity index (χ4n) is 1.29. The molecule has 1 aromatic heterocycles. The predicted molar refractivity (Wildman–Crippen MR) is 58.6 cm³/mol. The molecule has 0 aliphatic rings. The molecule has 4 nitrogen and oxygen atoms in total. The molecule has 0 bridgehead atoms. The minimum Gasteiger partial charge on any atom is -0.465 e. The van der Waals surface area contributed by atoms with E-state index in [0.29, 0.717) is 5.69 Å². The van der Waals surface area contributed by atoms with Crippen LogP contribution in [0.25, 0.3) is 0 Å². The summed E-state index contributed by atoms with van der Waals surface area (Å²) in [6, 6.07) is 5.50. The van der Waals surface area contributed by atoms with Crippen molar-refractivity contribution in [3.63, 3.8) is 0 Å². The molecule has 1 atom stereocenters. The fraction of sp³-hybridized carbons (Fsp3) is 0.417. The largest absolute Gasteiger partial charge is 0.465 e.